The monoisotopic (exact) mass is 451 g/mol. The summed E-state index contributed by atoms with van der Waals surface area (Å²) in [7, 11) is 0. The Bertz CT molecular complexity index is 1040. The Hall–Kier alpha value is -1.91. The summed E-state index contributed by atoms with van der Waals surface area (Å²) in [6, 6.07) is 10.8. The SMILES string of the molecule is Cc1nc(C)c(C(=O)c2ccc(Cl)c(Cl)c2)cc1C(=O)c1ccc(Cl)c(Cl)c1. The van der Waals surface area contributed by atoms with Gasteiger partial charge in [-0.05, 0) is 56.3 Å². The number of aromatic nitrogens is 1. The van der Waals surface area contributed by atoms with Crippen molar-refractivity contribution >= 4 is 58.0 Å². The van der Waals surface area contributed by atoms with Gasteiger partial charge < -0.3 is 0 Å². The van der Waals surface area contributed by atoms with Crippen molar-refractivity contribution < 1.29 is 9.59 Å². The molecule has 28 heavy (non-hydrogen) atoms. The lowest BCUT2D eigenvalue weighted by Crippen LogP contribution is -2.12. The van der Waals surface area contributed by atoms with E-state index in [4.69, 9.17) is 46.4 Å². The molecule has 142 valence electrons. The van der Waals surface area contributed by atoms with Crippen LogP contribution in [0.2, 0.25) is 20.1 Å². The highest BCUT2D eigenvalue weighted by atomic mass is 35.5. The van der Waals surface area contributed by atoms with Crippen LogP contribution in [0.25, 0.3) is 0 Å². The number of benzene rings is 2. The zero-order valence-electron chi connectivity index (χ0n) is 14.8. The van der Waals surface area contributed by atoms with Crippen LogP contribution in [-0.2, 0) is 0 Å². The Morgan fingerprint density at radius 1 is 0.643 bits per heavy atom. The number of aryl methyl sites for hydroxylation is 2. The summed E-state index contributed by atoms with van der Waals surface area (Å²) in [5.41, 5.74) is 2.37. The first-order valence-electron chi connectivity index (χ1n) is 8.16. The first kappa shape index (κ1) is 20.8. The van der Waals surface area contributed by atoms with Crippen LogP contribution >= 0.6 is 46.4 Å². The van der Waals surface area contributed by atoms with E-state index in [1.54, 1.807) is 44.2 Å². The quantitative estimate of drug-likeness (QED) is 0.410. The Morgan fingerprint density at radius 2 is 1.04 bits per heavy atom. The number of halogens is 4. The maximum atomic E-state index is 13.0. The van der Waals surface area contributed by atoms with E-state index in [2.05, 4.69) is 4.98 Å². The van der Waals surface area contributed by atoms with Crippen LogP contribution in [0.5, 0.6) is 0 Å². The first-order valence-corrected chi connectivity index (χ1v) is 9.68. The van der Waals surface area contributed by atoms with Crippen molar-refractivity contribution in [2.75, 3.05) is 0 Å². The van der Waals surface area contributed by atoms with Crippen molar-refractivity contribution in [1.82, 2.24) is 4.98 Å². The van der Waals surface area contributed by atoms with Gasteiger partial charge in [0, 0.05) is 33.6 Å². The van der Waals surface area contributed by atoms with Gasteiger partial charge in [0.05, 0.1) is 20.1 Å². The average Bonchev–Trinajstić information content (AvgIpc) is 2.65. The van der Waals surface area contributed by atoms with E-state index in [0.717, 1.165) is 0 Å². The second-order valence-corrected chi connectivity index (χ2v) is 7.80. The third-order valence-electron chi connectivity index (χ3n) is 4.26. The Balaban J connectivity index is 2.07. The molecule has 2 aromatic carbocycles. The molecular formula is C21H13Cl4NO2. The zero-order valence-corrected chi connectivity index (χ0v) is 17.8. The maximum absolute atomic E-state index is 13.0. The van der Waals surface area contributed by atoms with Crippen molar-refractivity contribution in [3.05, 3.63) is 96.2 Å². The van der Waals surface area contributed by atoms with Crippen LogP contribution in [0.3, 0.4) is 0 Å². The molecule has 0 spiro atoms. The second kappa shape index (κ2) is 8.22. The lowest BCUT2D eigenvalue weighted by atomic mass is 9.96. The molecule has 0 aliphatic rings. The van der Waals surface area contributed by atoms with Gasteiger partial charge in [-0.2, -0.15) is 0 Å². The van der Waals surface area contributed by atoms with Crippen LogP contribution < -0.4 is 0 Å². The molecule has 0 fully saturated rings. The van der Waals surface area contributed by atoms with E-state index < -0.39 is 0 Å². The summed E-state index contributed by atoms with van der Waals surface area (Å²) in [4.78, 5) is 30.3. The fraction of sp³-hybridized carbons (Fsp3) is 0.0952. The first-order chi connectivity index (χ1) is 13.2. The molecule has 3 rings (SSSR count). The van der Waals surface area contributed by atoms with Crippen LogP contribution in [-0.4, -0.2) is 16.6 Å². The highest BCUT2D eigenvalue weighted by molar-refractivity contribution is 6.42. The third kappa shape index (κ3) is 4.08. The molecule has 0 aliphatic heterocycles. The Morgan fingerprint density at radius 3 is 1.39 bits per heavy atom. The predicted octanol–water partition coefficient (Wildman–Crippen LogP) is 6.77. The van der Waals surface area contributed by atoms with E-state index in [0.29, 0.717) is 43.7 Å². The van der Waals surface area contributed by atoms with E-state index in [1.165, 1.54) is 12.1 Å². The Labute approximate surface area is 182 Å². The molecule has 1 aromatic heterocycles. The van der Waals surface area contributed by atoms with E-state index in [-0.39, 0.29) is 21.6 Å². The molecule has 0 amide bonds. The summed E-state index contributed by atoms with van der Waals surface area (Å²) < 4.78 is 0. The van der Waals surface area contributed by atoms with Gasteiger partial charge in [-0.15, -0.1) is 0 Å². The minimum Gasteiger partial charge on any atom is -0.289 e. The van der Waals surface area contributed by atoms with Crippen LogP contribution in [0.15, 0.2) is 42.5 Å². The molecule has 0 radical (unpaired) electrons. The minimum atomic E-state index is -0.299. The van der Waals surface area contributed by atoms with Gasteiger partial charge in [-0.3, -0.25) is 14.6 Å². The summed E-state index contributed by atoms with van der Waals surface area (Å²) in [5.74, 6) is -0.599. The highest BCUT2D eigenvalue weighted by Gasteiger charge is 2.20. The lowest BCUT2D eigenvalue weighted by Gasteiger charge is -2.11. The Kier molecular flexibility index (Phi) is 6.11. The number of nitrogens with zero attached hydrogens (tertiary/aromatic N) is 1. The molecule has 0 aliphatic carbocycles. The normalized spacial score (nSPS) is 10.8. The summed E-state index contributed by atoms with van der Waals surface area (Å²) in [5, 5.41) is 1.26. The largest absolute Gasteiger partial charge is 0.289 e. The molecule has 0 saturated heterocycles. The summed E-state index contributed by atoms with van der Waals surface area (Å²) in [6.45, 7) is 3.43. The molecule has 7 heteroatoms. The van der Waals surface area contributed by atoms with Crippen molar-refractivity contribution in [3.8, 4) is 0 Å². The van der Waals surface area contributed by atoms with E-state index in [1.807, 2.05) is 0 Å². The number of carbonyl (C=O) groups is 2. The molecule has 0 bridgehead atoms. The molecule has 1 heterocycles. The van der Waals surface area contributed by atoms with Gasteiger partial charge in [0.15, 0.2) is 11.6 Å². The van der Waals surface area contributed by atoms with Crippen molar-refractivity contribution in [1.29, 1.82) is 0 Å². The third-order valence-corrected chi connectivity index (χ3v) is 5.73. The average molecular weight is 453 g/mol. The van der Waals surface area contributed by atoms with Crippen LogP contribution in [0.1, 0.15) is 43.2 Å². The molecule has 3 aromatic rings. The molecule has 0 atom stereocenters. The summed E-state index contributed by atoms with van der Waals surface area (Å²) >= 11 is 23.9. The van der Waals surface area contributed by atoms with Crippen molar-refractivity contribution in [2.24, 2.45) is 0 Å². The number of carbonyl (C=O) groups excluding carboxylic acids is 2. The molecule has 0 saturated carbocycles. The summed E-state index contributed by atoms with van der Waals surface area (Å²) in [6.07, 6.45) is 0. The van der Waals surface area contributed by atoms with E-state index >= 15 is 0 Å². The zero-order chi connectivity index (χ0) is 20.6. The van der Waals surface area contributed by atoms with Gasteiger partial charge in [0.2, 0.25) is 0 Å². The number of hydrogen-bond donors (Lipinski definition) is 0. The van der Waals surface area contributed by atoms with Crippen molar-refractivity contribution in [3.63, 3.8) is 0 Å². The number of hydrogen-bond acceptors (Lipinski definition) is 3. The van der Waals surface area contributed by atoms with Gasteiger partial charge in [-0.1, -0.05) is 46.4 Å². The molecular weight excluding hydrogens is 440 g/mol. The minimum absolute atomic E-state index is 0.275. The fourth-order valence-electron chi connectivity index (χ4n) is 2.77. The van der Waals surface area contributed by atoms with Gasteiger partial charge >= 0.3 is 0 Å². The standard InChI is InChI=1S/C21H13Cl4NO2/c1-10-14(20(27)12-3-5-16(22)18(24)7-12)9-15(11(2)26-10)21(28)13-4-6-17(23)19(25)8-13/h3-9H,1-2H3. The highest BCUT2D eigenvalue weighted by Crippen LogP contribution is 2.27. The topological polar surface area (TPSA) is 47.0 Å². The number of pyridine rings is 1. The number of ketones is 2. The molecule has 3 nitrogen and oxygen atoms in total. The van der Waals surface area contributed by atoms with Gasteiger partial charge in [0.25, 0.3) is 0 Å². The second-order valence-electron chi connectivity index (χ2n) is 6.17. The van der Waals surface area contributed by atoms with Crippen LogP contribution in [0.4, 0.5) is 0 Å². The molecule has 0 unspecified atom stereocenters. The number of rotatable bonds is 4. The van der Waals surface area contributed by atoms with Crippen LogP contribution in [0, 0.1) is 13.8 Å². The maximum Gasteiger partial charge on any atom is 0.194 e. The molecule has 0 N–H and O–H groups in total. The fourth-order valence-corrected chi connectivity index (χ4v) is 3.37. The predicted molar refractivity (Wildman–Crippen MR) is 114 cm³/mol. The van der Waals surface area contributed by atoms with Crippen molar-refractivity contribution in [2.45, 2.75) is 13.8 Å². The lowest BCUT2D eigenvalue weighted by molar-refractivity contribution is 0.103. The smallest absolute Gasteiger partial charge is 0.194 e. The van der Waals surface area contributed by atoms with Gasteiger partial charge in [0.1, 0.15) is 0 Å². The van der Waals surface area contributed by atoms with Gasteiger partial charge in [-0.25, -0.2) is 0 Å². The van der Waals surface area contributed by atoms with E-state index in [9.17, 15) is 9.59 Å².